The van der Waals surface area contributed by atoms with Crippen molar-refractivity contribution in [3.8, 4) is 0 Å². The van der Waals surface area contributed by atoms with E-state index in [2.05, 4.69) is 24.8 Å². The van der Waals surface area contributed by atoms with Gasteiger partial charge in [0.25, 0.3) is 5.91 Å². The van der Waals surface area contributed by atoms with E-state index in [4.69, 9.17) is 11.6 Å². The van der Waals surface area contributed by atoms with Crippen molar-refractivity contribution in [2.75, 3.05) is 55.7 Å². The minimum Gasteiger partial charge on any atom is -0.360 e. The predicted octanol–water partition coefficient (Wildman–Crippen LogP) is 0.717. The van der Waals surface area contributed by atoms with Gasteiger partial charge < -0.3 is 14.7 Å². The van der Waals surface area contributed by atoms with Gasteiger partial charge in [0.15, 0.2) is 16.4 Å². The largest absolute Gasteiger partial charge is 0.360 e. The fourth-order valence-electron chi connectivity index (χ4n) is 4.12. The van der Waals surface area contributed by atoms with Gasteiger partial charge in [-0.05, 0) is 30.5 Å². The lowest BCUT2D eigenvalue weighted by atomic mass is 10.1. The van der Waals surface area contributed by atoms with Gasteiger partial charge in [0.2, 0.25) is 0 Å². The fourth-order valence-corrected chi connectivity index (χ4v) is 6.03. The Morgan fingerprint density at radius 2 is 2.04 bits per heavy atom. The fraction of sp³-hybridized carbons (Fsp3) is 0.650. The molecule has 28 heavy (non-hydrogen) atoms. The first-order valence-corrected chi connectivity index (χ1v) is 12.3. The lowest BCUT2D eigenvalue weighted by Crippen LogP contribution is -3.16. The van der Waals surface area contributed by atoms with Crippen LogP contribution in [0.1, 0.15) is 20.3 Å². The molecule has 0 aromatic heterocycles. The molecule has 1 aromatic rings. The maximum atomic E-state index is 13.0. The van der Waals surface area contributed by atoms with Gasteiger partial charge in [0.05, 0.1) is 37.7 Å². The zero-order valence-electron chi connectivity index (χ0n) is 16.7. The van der Waals surface area contributed by atoms with E-state index < -0.39 is 9.84 Å². The van der Waals surface area contributed by atoms with Crippen molar-refractivity contribution in [2.24, 2.45) is 5.92 Å². The molecular weight excluding hydrogens is 398 g/mol. The monoisotopic (exact) mass is 428 g/mol. The number of hydrogen-bond donors (Lipinski definition) is 1. The smallest absolute Gasteiger partial charge is 0.278 e. The highest BCUT2D eigenvalue weighted by Crippen LogP contribution is 2.20. The summed E-state index contributed by atoms with van der Waals surface area (Å²) in [5.41, 5.74) is 1.12. The zero-order valence-corrected chi connectivity index (χ0v) is 18.3. The topological polar surface area (TPSA) is 62.1 Å². The van der Waals surface area contributed by atoms with Gasteiger partial charge in [0, 0.05) is 23.3 Å². The molecule has 0 spiro atoms. The first-order valence-electron chi connectivity index (χ1n) is 10.1. The number of hydrogen-bond acceptors (Lipinski definition) is 4. The summed E-state index contributed by atoms with van der Waals surface area (Å²) in [5.74, 6) is 0.720. The van der Waals surface area contributed by atoms with Gasteiger partial charge in [-0.2, -0.15) is 0 Å². The normalized spacial score (nSPS) is 22.6. The lowest BCUT2D eigenvalue weighted by molar-refractivity contribution is -0.892. The van der Waals surface area contributed by atoms with Gasteiger partial charge in [0.1, 0.15) is 0 Å². The second kappa shape index (κ2) is 9.01. The molecule has 2 aliphatic heterocycles. The zero-order chi connectivity index (χ0) is 20.3. The number of rotatable bonds is 6. The molecule has 1 atom stereocenters. The summed E-state index contributed by atoms with van der Waals surface area (Å²) in [6.07, 6.45) is 0.568. The van der Waals surface area contributed by atoms with E-state index in [1.165, 1.54) is 4.90 Å². The quantitative estimate of drug-likeness (QED) is 0.725. The van der Waals surface area contributed by atoms with Crippen molar-refractivity contribution < 1.29 is 18.1 Å². The second-order valence-corrected chi connectivity index (χ2v) is 11.1. The van der Waals surface area contributed by atoms with E-state index in [0.717, 1.165) is 36.9 Å². The van der Waals surface area contributed by atoms with Gasteiger partial charge in [-0.1, -0.05) is 31.5 Å². The van der Waals surface area contributed by atoms with Gasteiger partial charge in [-0.3, -0.25) is 4.79 Å². The predicted molar refractivity (Wildman–Crippen MR) is 113 cm³/mol. The molecule has 0 bridgehead atoms. The molecule has 0 unspecified atom stereocenters. The van der Waals surface area contributed by atoms with Crippen molar-refractivity contribution >= 4 is 33.0 Å². The SMILES string of the molecule is CC(C)CN(C(=O)C[NH+]1CCN(c2cccc(Cl)c2)CC1)[C@@H]1CCS(=O)(=O)C1. The Balaban J connectivity index is 1.57. The van der Waals surface area contributed by atoms with Crippen molar-refractivity contribution in [1.82, 2.24) is 4.90 Å². The number of sulfone groups is 1. The van der Waals surface area contributed by atoms with Gasteiger partial charge in [-0.25, -0.2) is 8.42 Å². The highest BCUT2D eigenvalue weighted by atomic mass is 35.5. The Hall–Kier alpha value is -1.31. The number of anilines is 1. The van der Waals surface area contributed by atoms with Crippen LogP contribution in [0.5, 0.6) is 0 Å². The first kappa shape index (κ1) is 21.4. The Morgan fingerprint density at radius 3 is 2.61 bits per heavy atom. The number of quaternary nitrogens is 1. The molecule has 2 saturated heterocycles. The third-order valence-corrected chi connectivity index (χ3v) is 7.56. The van der Waals surface area contributed by atoms with Crippen LogP contribution in [-0.2, 0) is 14.6 Å². The highest BCUT2D eigenvalue weighted by Gasteiger charge is 2.36. The molecular formula is C20H31ClN3O3S+. The minimum atomic E-state index is -3.00. The molecule has 3 rings (SSSR count). The van der Waals surface area contributed by atoms with E-state index in [1.807, 2.05) is 23.1 Å². The summed E-state index contributed by atoms with van der Waals surface area (Å²) in [4.78, 5) is 18.4. The van der Waals surface area contributed by atoms with Crippen LogP contribution in [0.15, 0.2) is 24.3 Å². The van der Waals surface area contributed by atoms with Crippen molar-refractivity contribution in [3.05, 3.63) is 29.3 Å². The molecule has 8 heteroatoms. The molecule has 6 nitrogen and oxygen atoms in total. The van der Waals surface area contributed by atoms with Crippen LogP contribution in [0, 0.1) is 5.92 Å². The second-order valence-electron chi connectivity index (χ2n) is 8.39. The number of carbonyl (C=O) groups excluding carboxylic acids is 1. The van der Waals surface area contributed by atoms with Crippen LogP contribution in [-0.4, -0.2) is 76.0 Å². The average molecular weight is 429 g/mol. The lowest BCUT2D eigenvalue weighted by Gasteiger charge is -2.35. The molecule has 2 heterocycles. The van der Waals surface area contributed by atoms with Crippen LogP contribution in [0.4, 0.5) is 5.69 Å². The Morgan fingerprint density at radius 1 is 1.32 bits per heavy atom. The molecule has 2 aliphatic rings. The summed E-state index contributed by atoms with van der Waals surface area (Å²) in [6, 6.07) is 7.71. The van der Waals surface area contributed by atoms with Crippen molar-refractivity contribution in [3.63, 3.8) is 0 Å². The molecule has 0 saturated carbocycles. The van der Waals surface area contributed by atoms with Crippen molar-refractivity contribution in [2.45, 2.75) is 26.3 Å². The number of halogens is 1. The van der Waals surface area contributed by atoms with Crippen LogP contribution >= 0.6 is 11.6 Å². The van der Waals surface area contributed by atoms with E-state index in [1.54, 1.807) is 0 Å². The van der Waals surface area contributed by atoms with Crippen LogP contribution in [0.3, 0.4) is 0 Å². The standard InChI is InChI=1S/C20H30ClN3O3S/c1-16(2)13-24(19-6-11-28(26,27)15-19)20(25)14-22-7-9-23(10-8-22)18-5-3-4-17(21)12-18/h3-5,12,16,19H,6-11,13-15H2,1-2H3/p+1/t19-/m1/s1. The summed E-state index contributed by atoms with van der Waals surface area (Å²) in [7, 11) is -3.00. The third kappa shape index (κ3) is 5.61. The molecule has 156 valence electrons. The maximum Gasteiger partial charge on any atom is 0.278 e. The molecule has 1 amide bonds. The Labute approximate surface area is 173 Å². The Kier molecular flexibility index (Phi) is 6.89. The minimum absolute atomic E-state index is 0.0852. The Bertz CT molecular complexity index is 792. The molecule has 2 fully saturated rings. The van der Waals surface area contributed by atoms with Gasteiger partial charge >= 0.3 is 0 Å². The molecule has 1 N–H and O–H groups in total. The van der Waals surface area contributed by atoms with Crippen molar-refractivity contribution in [1.29, 1.82) is 0 Å². The highest BCUT2D eigenvalue weighted by molar-refractivity contribution is 7.91. The molecule has 0 radical (unpaired) electrons. The summed E-state index contributed by atoms with van der Waals surface area (Å²) in [6.45, 7) is 8.73. The summed E-state index contributed by atoms with van der Waals surface area (Å²) >= 11 is 6.10. The first-order chi connectivity index (χ1) is 13.2. The van der Waals surface area contributed by atoms with E-state index in [9.17, 15) is 13.2 Å². The van der Waals surface area contributed by atoms with E-state index >= 15 is 0 Å². The van der Waals surface area contributed by atoms with Crippen LogP contribution < -0.4 is 9.80 Å². The summed E-state index contributed by atoms with van der Waals surface area (Å²) in [5, 5.41) is 0.735. The van der Waals surface area contributed by atoms with E-state index in [-0.39, 0.29) is 23.5 Å². The number of carbonyl (C=O) groups is 1. The van der Waals surface area contributed by atoms with Crippen LogP contribution in [0.2, 0.25) is 5.02 Å². The average Bonchev–Trinajstić information content (AvgIpc) is 2.99. The number of piperazine rings is 1. The third-order valence-electron chi connectivity index (χ3n) is 5.58. The van der Waals surface area contributed by atoms with Gasteiger partial charge in [-0.15, -0.1) is 0 Å². The summed E-state index contributed by atoms with van der Waals surface area (Å²) < 4.78 is 23.8. The number of benzene rings is 1. The molecule has 1 aromatic carbocycles. The number of amides is 1. The maximum absolute atomic E-state index is 13.0. The number of nitrogens with zero attached hydrogens (tertiary/aromatic N) is 2. The van der Waals surface area contributed by atoms with E-state index in [0.29, 0.717) is 25.4 Å². The van der Waals surface area contributed by atoms with Crippen LogP contribution in [0.25, 0.3) is 0 Å². The number of nitrogens with one attached hydrogen (secondary N) is 1. The molecule has 0 aliphatic carbocycles.